The number of aryl methyl sites for hydroxylation is 1. The molecule has 6 heteroatoms. The van der Waals surface area contributed by atoms with Crippen LogP contribution in [0.2, 0.25) is 0 Å². The van der Waals surface area contributed by atoms with Gasteiger partial charge in [0.2, 0.25) is 0 Å². The van der Waals surface area contributed by atoms with E-state index in [-0.39, 0.29) is 0 Å². The minimum Gasteiger partial charge on any atom is -0.478 e. The van der Waals surface area contributed by atoms with Gasteiger partial charge in [0, 0.05) is 24.0 Å². The van der Waals surface area contributed by atoms with Crippen molar-refractivity contribution < 1.29 is 9.90 Å². The van der Waals surface area contributed by atoms with Gasteiger partial charge < -0.3 is 10.4 Å². The number of nitrogens with zero attached hydrogens (tertiary/aromatic N) is 1. The summed E-state index contributed by atoms with van der Waals surface area (Å²) in [5, 5.41) is 12.6. The molecule has 1 heterocycles. The van der Waals surface area contributed by atoms with Crippen molar-refractivity contribution in [3.05, 3.63) is 23.3 Å². The van der Waals surface area contributed by atoms with Crippen LogP contribution in [-0.4, -0.2) is 34.9 Å². The molecule has 0 aliphatic carbocycles. The van der Waals surface area contributed by atoms with Crippen molar-refractivity contribution >= 4 is 33.7 Å². The van der Waals surface area contributed by atoms with Crippen LogP contribution in [0.4, 0.5) is 5.69 Å². The summed E-state index contributed by atoms with van der Waals surface area (Å²) in [6.45, 7) is 3.88. The maximum atomic E-state index is 11.3. The van der Waals surface area contributed by atoms with Gasteiger partial charge in [0.25, 0.3) is 0 Å². The van der Waals surface area contributed by atoms with Crippen molar-refractivity contribution in [2.24, 2.45) is 0 Å². The fourth-order valence-electron chi connectivity index (χ4n) is 2.26. The number of carbonyl (C=O) groups is 1. The van der Waals surface area contributed by atoms with Crippen LogP contribution in [0, 0.1) is 6.92 Å². The van der Waals surface area contributed by atoms with E-state index < -0.39 is 5.97 Å². The lowest BCUT2D eigenvalue weighted by Gasteiger charge is -2.30. The molecule has 0 radical (unpaired) electrons. The molecule has 1 unspecified atom stereocenters. The zero-order valence-electron chi connectivity index (χ0n) is 10.9. The van der Waals surface area contributed by atoms with E-state index >= 15 is 0 Å². The second kappa shape index (κ2) is 6.12. The van der Waals surface area contributed by atoms with Crippen molar-refractivity contribution in [1.29, 1.82) is 0 Å². The number of hydrogen-bond donors (Lipinski definition) is 3. The molecule has 0 saturated carbocycles. The van der Waals surface area contributed by atoms with Crippen molar-refractivity contribution in [3.8, 4) is 0 Å². The quantitative estimate of drug-likeness (QED) is 0.593. The molecule has 1 saturated heterocycles. The molecule has 0 amide bonds. The monoisotopic (exact) mass is 298 g/mol. The molecule has 4 nitrogen and oxygen atoms in total. The Morgan fingerprint density at radius 2 is 2.11 bits per heavy atom. The maximum absolute atomic E-state index is 11.3. The summed E-state index contributed by atoms with van der Waals surface area (Å²) in [4.78, 5) is 12.1. The highest BCUT2D eigenvalue weighted by molar-refractivity contribution is 7.80. The average molecular weight is 298 g/mol. The molecule has 19 heavy (non-hydrogen) atoms. The summed E-state index contributed by atoms with van der Waals surface area (Å²) in [6.07, 6.45) is 2.02. The Kier molecular flexibility index (Phi) is 4.71. The predicted molar refractivity (Wildman–Crippen MR) is 83.3 cm³/mol. The highest BCUT2D eigenvalue weighted by Crippen LogP contribution is 2.26. The van der Waals surface area contributed by atoms with Crippen LogP contribution in [-0.2, 0) is 0 Å². The third kappa shape index (κ3) is 3.62. The summed E-state index contributed by atoms with van der Waals surface area (Å²) in [7, 11) is 2.71. The Labute approximate surface area is 121 Å². The number of nitrogens with one attached hydrogen (secondary N) is 1. The van der Waals surface area contributed by atoms with Crippen LogP contribution in [0.1, 0.15) is 28.8 Å². The highest BCUT2D eigenvalue weighted by atomic mass is 32.1. The molecule has 1 aromatic carbocycles. The zero-order valence-corrected chi connectivity index (χ0v) is 12.9. The minimum atomic E-state index is -0.901. The highest BCUT2D eigenvalue weighted by Gasteiger charge is 2.19. The standard InChI is InChI=1S/C13H19N2O2PS/c1-8-6-10(13(16)17)11(7-12(8)19)14-9-2-4-15(18)5-3-9/h6-7,9,14,19H,2-5,18H2,1H3,(H,16,17). The number of thiol groups is 1. The van der Waals surface area contributed by atoms with E-state index in [2.05, 4.69) is 32.0 Å². The third-order valence-electron chi connectivity index (χ3n) is 3.46. The number of piperidine rings is 1. The topological polar surface area (TPSA) is 52.6 Å². The fourth-order valence-corrected chi connectivity index (χ4v) is 2.75. The Balaban J connectivity index is 2.19. The van der Waals surface area contributed by atoms with E-state index in [4.69, 9.17) is 0 Å². The normalized spacial score (nSPS) is 17.4. The van der Waals surface area contributed by atoms with E-state index in [1.165, 1.54) is 0 Å². The van der Waals surface area contributed by atoms with Gasteiger partial charge in [-0.05, 0) is 37.5 Å². The molecule has 0 bridgehead atoms. The summed E-state index contributed by atoms with van der Waals surface area (Å²) >= 11 is 4.37. The first-order valence-corrected chi connectivity index (χ1v) is 7.27. The van der Waals surface area contributed by atoms with Gasteiger partial charge in [0.05, 0.1) is 11.3 Å². The number of rotatable bonds is 3. The average Bonchev–Trinajstić information content (AvgIpc) is 2.36. The minimum absolute atomic E-state index is 0.323. The molecule has 2 N–H and O–H groups in total. The molecule has 1 fully saturated rings. The molecule has 2 rings (SSSR count). The largest absolute Gasteiger partial charge is 0.478 e. The van der Waals surface area contributed by atoms with Crippen molar-refractivity contribution in [2.75, 3.05) is 18.4 Å². The Bertz CT molecular complexity index is 488. The van der Waals surface area contributed by atoms with Crippen LogP contribution >= 0.6 is 22.0 Å². The number of carboxylic acids is 1. The number of anilines is 1. The third-order valence-corrected chi connectivity index (χ3v) is 4.45. The summed E-state index contributed by atoms with van der Waals surface area (Å²) in [6, 6.07) is 3.82. The van der Waals surface area contributed by atoms with Crippen LogP contribution in [0.25, 0.3) is 0 Å². The van der Waals surface area contributed by atoms with Gasteiger partial charge >= 0.3 is 5.97 Å². The Morgan fingerprint density at radius 1 is 1.47 bits per heavy atom. The predicted octanol–water partition coefficient (Wildman–Crippen LogP) is 2.65. The first-order chi connectivity index (χ1) is 8.97. The van der Waals surface area contributed by atoms with Gasteiger partial charge in [-0.15, -0.1) is 12.6 Å². The second-order valence-electron chi connectivity index (χ2n) is 4.94. The first-order valence-electron chi connectivity index (χ1n) is 6.30. The number of benzene rings is 1. The number of aromatic carboxylic acids is 1. The zero-order chi connectivity index (χ0) is 14.0. The lowest BCUT2D eigenvalue weighted by molar-refractivity contribution is 0.0697. The molecule has 0 aromatic heterocycles. The molecule has 1 aliphatic rings. The van der Waals surface area contributed by atoms with Gasteiger partial charge in [-0.3, -0.25) is 4.67 Å². The molecule has 104 valence electrons. The lowest BCUT2D eigenvalue weighted by atomic mass is 10.0. The smallest absolute Gasteiger partial charge is 0.337 e. The Hall–Kier alpha value is -0.770. The van der Waals surface area contributed by atoms with E-state index in [9.17, 15) is 9.90 Å². The van der Waals surface area contributed by atoms with Crippen LogP contribution in [0.5, 0.6) is 0 Å². The van der Waals surface area contributed by atoms with Crippen LogP contribution < -0.4 is 5.32 Å². The van der Waals surface area contributed by atoms with Crippen molar-refractivity contribution in [2.45, 2.75) is 30.7 Å². The van der Waals surface area contributed by atoms with E-state index in [1.807, 2.05) is 13.0 Å². The summed E-state index contributed by atoms with van der Waals surface area (Å²) in [5.41, 5.74) is 1.87. The van der Waals surface area contributed by atoms with E-state index in [1.54, 1.807) is 6.07 Å². The van der Waals surface area contributed by atoms with Gasteiger partial charge in [-0.25, -0.2) is 4.79 Å². The van der Waals surface area contributed by atoms with E-state index in [0.29, 0.717) is 17.3 Å². The molecule has 1 atom stereocenters. The molecule has 0 spiro atoms. The van der Waals surface area contributed by atoms with Crippen molar-refractivity contribution in [3.63, 3.8) is 0 Å². The summed E-state index contributed by atoms with van der Waals surface area (Å²) in [5.74, 6) is -0.901. The molecular formula is C13H19N2O2PS. The lowest BCUT2D eigenvalue weighted by Crippen LogP contribution is -2.34. The van der Waals surface area contributed by atoms with Crippen LogP contribution in [0.3, 0.4) is 0 Å². The van der Waals surface area contributed by atoms with Gasteiger partial charge in [-0.1, -0.05) is 9.39 Å². The number of carboxylic acid groups (broad SMARTS) is 1. The molecule has 1 aromatic rings. The Morgan fingerprint density at radius 3 is 2.68 bits per heavy atom. The van der Waals surface area contributed by atoms with E-state index in [0.717, 1.165) is 36.4 Å². The van der Waals surface area contributed by atoms with Crippen LogP contribution in [0.15, 0.2) is 17.0 Å². The van der Waals surface area contributed by atoms with Gasteiger partial charge in [0.1, 0.15) is 0 Å². The first kappa shape index (κ1) is 14.6. The maximum Gasteiger partial charge on any atom is 0.337 e. The van der Waals surface area contributed by atoms with Crippen molar-refractivity contribution in [1.82, 2.24) is 4.67 Å². The fraction of sp³-hybridized carbons (Fsp3) is 0.462. The van der Waals surface area contributed by atoms with Gasteiger partial charge in [-0.2, -0.15) is 0 Å². The molecular weight excluding hydrogens is 279 g/mol. The van der Waals surface area contributed by atoms with Gasteiger partial charge in [0.15, 0.2) is 0 Å². The second-order valence-corrected chi connectivity index (χ2v) is 6.16. The number of hydrogen-bond acceptors (Lipinski definition) is 4. The molecule has 1 aliphatic heterocycles. The summed E-state index contributed by atoms with van der Waals surface area (Å²) < 4.78 is 2.20. The SMILES string of the molecule is Cc1cc(C(=O)O)c(NC2CCN(P)CC2)cc1S.